The highest BCUT2D eigenvalue weighted by Crippen LogP contribution is 2.27. The molecule has 8 nitrogen and oxygen atoms in total. The molecule has 1 heterocycles. The Morgan fingerprint density at radius 2 is 1.95 bits per heavy atom. The molecule has 0 saturated heterocycles. The third-order valence-corrected chi connectivity index (χ3v) is 4.12. The predicted octanol–water partition coefficient (Wildman–Crippen LogP) is -1.37. The third kappa shape index (κ3) is 3.37. The lowest BCUT2D eigenvalue weighted by molar-refractivity contribution is 0.0377. The number of nitrogens with zero attached hydrogens (tertiary/aromatic N) is 2. The predicted molar refractivity (Wildman–Crippen MR) is 76.9 cm³/mol. The smallest absolute Gasteiger partial charge is 0.265 e. The highest BCUT2D eigenvalue weighted by atomic mass is 32.1. The van der Waals surface area contributed by atoms with E-state index in [-0.39, 0.29) is 10.7 Å². The maximum absolute atomic E-state index is 12.1. The molecular formula is C11H20N4O4S. The minimum Gasteiger partial charge on any atom is -0.394 e. The molecule has 0 bridgehead atoms. The van der Waals surface area contributed by atoms with Crippen LogP contribution in [0.2, 0.25) is 0 Å². The highest BCUT2D eigenvalue weighted by molar-refractivity contribution is 7.18. The van der Waals surface area contributed by atoms with E-state index in [1.807, 2.05) is 18.9 Å². The summed E-state index contributed by atoms with van der Waals surface area (Å²) in [5.74, 6) is -0.515. The van der Waals surface area contributed by atoms with E-state index in [0.717, 1.165) is 11.3 Å². The Morgan fingerprint density at radius 3 is 2.40 bits per heavy atom. The number of hydrogen-bond donors (Lipinski definition) is 5. The first kappa shape index (κ1) is 16.6. The van der Waals surface area contributed by atoms with Gasteiger partial charge >= 0.3 is 0 Å². The van der Waals surface area contributed by atoms with Crippen molar-refractivity contribution in [2.75, 3.05) is 44.0 Å². The van der Waals surface area contributed by atoms with E-state index in [9.17, 15) is 20.1 Å². The summed E-state index contributed by atoms with van der Waals surface area (Å²) in [7, 11) is 1.82. The average Bonchev–Trinajstić information content (AvgIpc) is 2.86. The molecule has 0 spiro atoms. The van der Waals surface area contributed by atoms with Crippen molar-refractivity contribution in [2.24, 2.45) is 0 Å². The quantitative estimate of drug-likeness (QED) is 0.420. The molecule has 20 heavy (non-hydrogen) atoms. The number of carbonyl (C=O) groups is 1. The van der Waals surface area contributed by atoms with E-state index < -0.39 is 31.3 Å². The molecule has 6 N–H and O–H groups in total. The van der Waals surface area contributed by atoms with Crippen molar-refractivity contribution in [2.45, 2.75) is 12.5 Å². The number of aromatic nitrogens is 1. The molecule has 1 amide bonds. The second kappa shape index (κ2) is 6.84. The van der Waals surface area contributed by atoms with Crippen LogP contribution in [-0.2, 0) is 0 Å². The van der Waals surface area contributed by atoms with Crippen LogP contribution in [0.1, 0.15) is 16.6 Å². The summed E-state index contributed by atoms with van der Waals surface area (Å²) >= 11 is 1.11. The Bertz CT molecular complexity index is 453. The van der Waals surface area contributed by atoms with E-state index in [1.165, 1.54) is 0 Å². The number of nitrogens with one attached hydrogen (secondary N) is 1. The van der Waals surface area contributed by atoms with Crippen LogP contribution in [0.15, 0.2) is 0 Å². The molecule has 0 aliphatic carbocycles. The molecule has 0 saturated carbocycles. The summed E-state index contributed by atoms with van der Waals surface area (Å²) in [6, 6.07) is 0. The van der Waals surface area contributed by atoms with E-state index >= 15 is 0 Å². The van der Waals surface area contributed by atoms with E-state index in [1.54, 1.807) is 0 Å². The summed E-state index contributed by atoms with van der Waals surface area (Å²) in [5, 5.41) is 30.5. The molecule has 1 aromatic heterocycles. The number of nitrogens with two attached hydrogens (primary N) is 1. The van der Waals surface area contributed by atoms with Crippen molar-refractivity contribution in [1.82, 2.24) is 10.3 Å². The first-order valence-corrected chi connectivity index (χ1v) is 6.87. The maximum Gasteiger partial charge on any atom is 0.265 e. The number of carbonyl (C=O) groups excluding carboxylic acids is 1. The molecule has 1 rings (SSSR count). The van der Waals surface area contributed by atoms with Gasteiger partial charge in [0.05, 0.1) is 19.8 Å². The number of aliphatic hydroxyl groups is 3. The first-order chi connectivity index (χ1) is 9.42. The lowest BCUT2D eigenvalue weighted by Gasteiger charge is -2.28. The van der Waals surface area contributed by atoms with Gasteiger partial charge in [0.1, 0.15) is 16.2 Å². The Balaban J connectivity index is 2.95. The molecule has 0 aromatic carbocycles. The van der Waals surface area contributed by atoms with E-state index in [2.05, 4.69) is 10.3 Å². The van der Waals surface area contributed by atoms with Crippen LogP contribution in [0.25, 0.3) is 0 Å². The van der Waals surface area contributed by atoms with Gasteiger partial charge in [0.2, 0.25) is 0 Å². The number of nitrogen functional groups attached to an aromatic ring is 1. The normalized spacial score (nSPS) is 11.4. The van der Waals surface area contributed by atoms with Gasteiger partial charge in [-0.05, 0) is 6.92 Å². The first-order valence-electron chi connectivity index (χ1n) is 6.05. The van der Waals surface area contributed by atoms with Gasteiger partial charge in [-0.3, -0.25) is 4.79 Å². The molecule has 9 heteroatoms. The summed E-state index contributed by atoms with van der Waals surface area (Å²) in [4.78, 5) is 18.2. The number of hydrogen-bond acceptors (Lipinski definition) is 8. The highest BCUT2D eigenvalue weighted by Gasteiger charge is 2.32. The largest absolute Gasteiger partial charge is 0.394 e. The number of anilines is 2. The molecule has 0 unspecified atom stereocenters. The summed E-state index contributed by atoms with van der Waals surface area (Å²) in [6.07, 6.45) is 0. The monoisotopic (exact) mass is 304 g/mol. The van der Waals surface area contributed by atoms with Crippen molar-refractivity contribution in [3.8, 4) is 0 Å². The van der Waals surface area contributed by atoms with Gasteiger partial charge in [-0.15, -0.1) is 0 Å². The van der Waals surface area contributed by atoms with Crippen LogP contribution >= 0.6 is 11.3 Å². The van der Waals surface area contributed by atoms with Crippen molar-refractivity contribution in [1.29, 1.82) is 0 Å². The van der Waals surface area contributed by atoms with Crippen LogP contribution in [0.4, 0.5) is 10.9 Å². The van der Waals surface area contributed by atoms with Gasteiger partial charge in [-0.1, -0.05) is 11.3 Å². The van der Waals surface area contributed by atoms with Crippen LogP contribution < -0.4 is 16.0 Å². The number of aliphatic hydroxyl groups excluding tert-OH is 3. The molecule has 0 atom stereocenters. The van der Waals surface area contributed by atoms with Crippen molar-refractivity contribution < 1.29 is 20.1 Å². The van der Waals surface area contributed by atoms with Gasteiger partial charge in [0.25, 0.3) is 5.91 Å². The molecular weight excluding hydrogens is 284 g/mol. The van der Waals surface area contributed by atoms with Crippen LogP contribution in [0.3, 0.4) is 0 Å². The standard InChI is InChI=1S/C11H20N4O4S/c1-3-15(2)10-13-8(12)7(20-10)9(19)14-11(4-16,5-17)6-18/h16-18H,3-6,12H2,1-2H3,(H,14,19). The molecule has 1 aromatic rings. The maximum atomic E-state index is 12.1. The Morgan fingerprint density at radius 1 is 1.40 bits per heavy atom. The van der Waals surface area contributed by atoms with E-state index in [4.69, 9.17) is 5.73 Å². The molecule has 114 valence electrons. The van der Waals surface area contributed by atoms with Crippen LogP contribution in [-0.4, -0.2) is 65.2 Å². The summed E-state index contributed by atoms with van der Waals surface area (Å²) in [5.41, 5.74) is 4.22. The Hall–Kier alpha value is -1.42. The Kier molecular flexibility index (Phi) is 5.69. The fraction of sp³-hybridized carbons (Fsp3) is 0.636. The second-order valence-corrected chi connectivity index (χ2v) is 5.41. The molecule has 0 radical (unpaired) electrons. The summed E-state index contributed by atoms with van der Waals surface area (Å²) < 4.78 is 0. The number of rotatable bonds is 7. The Labute approximate surface area is 120 Å². The van der Waals surface area contributed by atoms with Crippen molar-refractivity contribution in [3.05, 3.63) is 4.88 Å². The zero-order valence-corrected chi connectivity index (χ0v) is 12.3. The van der Waals surface area contributed by atoms with Crippen molar-refractivity contribution >= 4 is 28.2 Å². The zero-order valence-electron chi connectivity index (χ0n) is 11.5. The van der Waals surface area contributed by atoms with Gasteiger partial charge in [0, 0.05) is 13.6 Å². The fourth-order valence-corrected chi connectivity index (χ4v) is 2.25. The lowest BCUT2D eigenvalue weighted by atomic mass is 10.0. The SMILES string of the molecule is CCN(C)c1nc(N)c(C(=O)NC(CO)(CO)CO)s1. The van der Waals surface area contributed by atoms with Crippen LogP contribution in [0.5, 0.6) is 0 Å². The molecule has 0 fully saturated rings. The molecule has 0 aliphatic heterocycles. The minimum absolute atomic E-state index is 0.0746. The third-order valence-electron chi connectivity index (χ3n) is 2.94. The molecule has 0 aliphatic rings. The number of thiazole rings is 1. The van der Waals surface area contributed by atoms with Gasteiger partial charge in [-0.2, -0.15) is 0 Å². The average molecular weight is 304 g/mol. The minimum atomic E-state index is -1.48. The van der Waals surface area contributed by atoms with E-state index in [0.29, 0.717) is 11.7 Å². The zero-order chi connectivity index (χ0) is 15.3. The number of amides is 1. The van der Waals surface area contributed by atoms with Crippen LogP contribution in [0, 0.1) is 0 Å². The van der Waals surface area contributed by atoms with Gasteiger partial charge in [0.15, 0.2) is 5.13 Å². The van der Waals surface area contributed by atoms with Gasteiger partial charge in [-0.25, -0.2) is 4.98 Å². The second-order valence-electron chi connectivity index (χ2n) is 4.43. The summed E-state index contributed by atoms with van der Waals surface area (Å²) in [6.45, 7) is 0.873. The van der Waals surface area contributed by atoms with Gasteiger partial charge < -0.3 is 31.3 Å². The fourth-order valence-electron chi connectivity index (χ4n) is 1.35. The van der Waals surface area contributed by atoms with Crippen molar-refractivity contribution in [3.63, 3.8) is 0 Å². The topological polar surface area (TPSA) is 132 Å². The lowest BCUT2D eigenvalue weighted by Crippen LogP contribution is -2.57.